The van der Waals surface area contributed by atoms with Crippen molar-refractivity contribution in [3.8, 4) is 5.75 Å². The van der Waals surface area contributed by atoms with E-state index in [2.05, 4.69) is 5.32 Å². The summed E-state index contributed by atoms with van der Waals surface area (Å²) in [5, 5.41) is 3.34. The number of sulfonamides is 1. The van der Waals surface area contributed by atoms with Gasteiger partial charge in [0.1, 0.15) is 5.75 Å². The van der Waals surface area contributed by atoms with Crippen LogP contribution in [-0.4, -0.2) is 38.3 Å². The molecule has 0 unspecified atom stereocenters. The smallest absolute Gasteiger partial charge is 0.258 e. The van der Waals surface area contributed by atoms with Crippen molar-refractivity contribution in [2.45, 2.75) is 24.3 Å². The van der Waals surface area contributed by atoms with Gasteiger partial charge in [0.25, 0.3) is 5.91 Å². The second kappa shape index (κ2) is 8.73. The standard InChI is InChI=1S/C19H21ClN2O4S/c20-16-5-7-17(8-6-16)26-14-19(23)21-13-15-3-9-18(10-4-15)27(24,25)22-11-1-2-12-22/h3-10H,1-2,11-14H2,(H,21,23). The van der Waals surface area contributed by atoms with Crippen LogP contribution < -0.4 is 10.1 Å². The number of hydrogen-bond acceptors (Lipinski definition) is 4. The molecule has 1 N–H and O–H groups in total. The van der Waals surface area contributed by atoms with Gasteiger partial charge in [-0.15, -0.1) is 0 Å². The Labute approximate surface area is 164 Å². The second-order valence-corrected chi connectivity index (χ2v) is 8.65. The second-order valence-electron chi connectivity index (χ2n) is 6.27. The minimum absolute atomic E-state index is 0.108. The number of rotatable bonds is 7. The lowest BCUT2D eigenvalue weighted by atomic mass is 10.2. The molecule has 0 bridgehead atoms. The summed E-state index contributed by atoms with van der Waals surface area (Å²) in [6.07, 6.45) is 1.81. The predicted octanol–water partition coefficient (Wildman–Crippen LogP) is 2.82. The Morgan fingerprint density at radius 2 is 1.67 bits per heavy atom. The number of amides is 1. The van der Waals surface area contributed by atoms with Crippen molar-refractivity contribution in [2.24, 2.45) is 0 Å². The summed E-state index contributed by atoms with van der Waals surface area (Å²) in [6.45, 7) is 1.34. The minimum Gasteiger partial charge on any atom is -0.484 e. The summed E-state index contributed by atoms with van der Waals surface area (Å²) < 4.78 is 31.9. The zero-order chi connectivity index (χ0) is 19.3. The molecule has 1 amide bonds. The molecule has 144 valence electrons. The molecule has 27 heavy (non-hydrogen) atoms. The molecule has 1 fully saturated rings. The summed E-state index contributed by atoms with van der Waals surface area (Å²) in [5.41, 5.74) is 0.815. The maximum Gasteiger partial charge on any atom is 0.258 e. The van der Waals surface area contributed by atoms with Gasteiger partial charge in [0.15, 0.2) is 6.61 Å². The fraction of sp³-hybridized carbons (Fsp3) is 0.316. The molecule has 2 aromatic rings. The predicted molar refractivity (Wildman–Crippen MR) is 103 cm³/mol. The van der Waals surface area contributed by atoms with Crippen molar-refractivity contribution in [1.29, 1.82) is 0 Å². The normalized spacial score (nSPS) is 14.9. The Kier molecular flexibility index (Phi) is 6.36. The van der Waals surface area contributed by atoms with Gasteiger partial charge in [0.05, 0.1) is 4.90 Å². The Morgan fingerprint density at radius 1 is 1.04 bits per heavy atom. The molecule has 0 saturated carbocycles. The van der Waals surface area contributed by atoms with Gasteiger partial charge in [-0.1, -0.05) is 23.7 Å². The van der Waals surface area contributed by atoms with Gasteiger partial charge >= 0.3 is 0 Å². The van der Waals surface area contributed by atoms with Crippen LogP contribution in [0.15, 0.2) is 53.4 Å². The van der Waals surface area contributed by atoms with E-state index in [4.69, 9.17) is 16.3 Å². The zero-order valence-corrected chi connectivity index (χ0v) is 16.3. The molecule has 3 rings (SSSR count). The number of carbonyl (C=O) groups excluding carboxylic acids is 1. The first kappa shape index (κ1) is 19.7. The average Bonchev–Trinajstić information content (AvgIpc) is 3.22. The molecule has 0 aromatic heterocycles. The summed E-state index contributed by atoms with van der Waals surface area (Å²) in [7, 11) is -3.41. The lowest BCUT2D eigenvalue weighted by molar-refractivity contribution is -0.123. The molecule has 1 saturated heterocycles. The van der Waals surface area contributed by atoms with Crippen LogP contribution in [0.5, 0.6) is 5.75 Å². The highest BCUT2D eigenvalue weighted by molar-refractivity contribution is 7.89. The van der Waals surface area contributed by atoms with Crippen molar-refractivity contribution < 1.29 is 17.9 Å². The molecule has 6 nitrogen and oxygen atoms in total. The molecule has 1 heterocycles. The van der Waals surface area contributed by atoms with Gasteiger partial charge in [-0.3, -0.25) is 4.79 Å². The first-order valence-electron chi connectivity index (χ1n) is 8.69. The highest BCUT2D eigenvalue weighted by Gasteiger charge is 2.26. The van der Waals surface area contributed by atoms with E-state index in [1.165, 1.54) is 4.31 Å². The van der Waals surface area contributed by atoms with Crippen molar-refractivity contribution >= 4 is 27.5 Å². The van der Waals surface area contributed by atoms with Gasteiger partial charge in [-0.05, 0) is 54.8 Å². The van der Waals surface area contributed by atoms with Crippen molar-refractivity contribution in [1.82, 2.24) is 9.62 Å². The van der Waals surface area contributed by atoms with Crippen LogP contribution in [0.3, 0.4) is 0 Å². The molecule has 0 radical (unpaired) electrons. The van der Waals surface area contributed by atoms with E-state index >= 15 is 0 Å². The highest BCUT2D eigenvalue weighted by Crippen LogP contribution is 2.21. The lowest BCUT2D eigenvalue weighted by Gasteiger charge is -2.15. The van der Waals surface area contributed by atoms with Crippen LogP contribution in [0.2, 0.25) is 5.02 Å². The summed E-state index contributed by atoms with van der Waals surface area (Å²) in [5.74, 6) is 0.296. The SMILES string of the molecule is O=C(COc1ccc(Cl)cc1)NCc1ccc(S(=O)(=O)N2CCCC2)cc1. The van der Waals surface area contributed by atoms with E-state index < -0.39 is 10.0 Å². The fourth-order valence-electron chi connectivity index (χ4n) is 2.79. The molecule has 2 aromatic carbocycles. The Hall–Kier alpha value is -2.09. The van der Waals surface area contributed by atoms with E-state index in [0.717, 1.165) is 18.4 Å². The van der Waals surface area contributed by atoms with Crippen LogP contribution in [0.4, 0.5) is 0 Å². The maximum absolute atomic E-state index is 12.5. The van der Waals surface area contributed by atoms with E-state index in [9.17, 15) is 13.2 Å². The minimum atomic E-state index is -3.41. The number of benzene rings is 2. The van der Waals surface area contributed by atoms with Crippen LogP contribution in [-0.2, 0) is 21.4 Å². The maximum atomic E-state index is 12.5. The molecular weight excluding hydrogens is 388 g/mol. The van der Waals surface area contributed by atoms with Gasteiger partial charge in [0, 0.05) is 24.7 Å². The lowest BCUT2D eigenvalue weighted by Crippen LogP contribution is -2.29. The average molecular weight is 409 g/mol. The van der Waals surface area contributed by atoms with Gasteiger partial charge in [-0.25, -0.2) is 8.42 Å². The van der Waals surface area contributed by atoms with E-state index in [1.54, 1.807) is 48.5 Å². The van der Waals surface area contributed by atoms with E-state index in [-0.39, 0.29) is 17.4 Å². The highest BCUT2D eigenvalue weighted by atomic mass is 35.5. The van der Waals surface area contributed by atoms with Crippen molar-refractivity contribution in [3.05, 3.63) is 59.1 Å². The molecule has 0 aliphatic carbocycles. The van der Waals surface area contributed by atoms with Crippen molar-refractivity contribution in [3.63, 3.8) is 0 Å². The Morgan fingerprint density at radius 3 is 2.30 bits per heavy atom. The summed E-state index contributed by atoms with van der Waals surface area (Å²) >= 11 is 5.79. The Balaban J connectivity index is 1.49. The van der Waals surface area contributed by atoms with Gasteiger partial charge in [-0.2, -0.15) is 4.31 Å². The van der Waals surface area contributed by atoms with E-state index in [1.807, 2.05) is 0 Å². The van der Waals surface area contributed by atoms with Crippen LogP contribution in [0, 0.1) is 0 Å². The fourth-order valence-corrected chi connectivity index (χ4v) is 4.43. The van der Waals surface area contributed by atoms with Crippen LogP contribution >= 0.6 is 11.6 Å². The van der Waals surface area contributed by atoms with Crippen LogP contribution in [0.25, 0.3) is 0 Å². The molecular formula is C19H21ClN2O4S. The monoisotopic (exact) mass is 408 g/mol. The van der Waals surface area contributed by atoms with E-state index in [0.29, 0.717) is 30.4 Å². The van der Waals surface area contributed by atoms with Crippen LogP contribution in [0.1, 0.15) is 18.4 Å². The third kappa shape index (κ3) is 5.22. The quantitative estimate of drug-likeness (QED) is 0.764. The molecule has 0 atom stereocenters. The first-order chi connectivity index (χ1) is 12.9. The summed E-state index contributed by atoms with van der Waals surface area (Å²) in [4.78, 5) is 12.2. The topological polar surface area (TPSA) is 75.7 Å². The molecule has 1 aliphatic heterocycles. The summed E-state index contributed by atoms with van der Waals surface area (Å²) in [6, 6.07) is 13.3. The number of hydrogen-bond donors (Lipinski definition) is 1. The largest absolute Gasteiger partial charge is 0.484 e. The van der Waals surface area contributed by atoms with Gasteiger partial charge < -0.3 is 10.1 Å². The number of nitrogens with one attached hydrogen (secondary N) is 1. The third-order valence-corrected chi connectivity index (χ3v) is 6.46. The number of halogens is 1. The first-order valence-corrected chi connectivity index (χ1v) is 10.5. The number of carbonyl (C=O) groups is 1. The molecule has 8 heteroatoms. The number of ether oxygens (including phenoxy) is 1. The molecule has 1 aliphatic rings. The Bertz CT molecular complexity index is 877. The third-order valence-electron chi connectivity index (χ3n) is 4.30. The number of nitrogens with zero attached hydrogens (tertiary/aromatic N) is 1. The molecule has 0 spiro atoms. The van der Waals surface area contributed by atoms with Crippen molar-refractivity contribution in [2.75, 3.05) is 19.7 Å². The van der Waals surface area contributed by atoms with Gasteiger partial charge in [0.2, 0.25) is 10.0 Å². The zero-order valence-electron chi connectivity index (χ0n) is 14.7.